The van der Waals surface area contributed by atoms with Gasteiger partial charge >= 0.3 is 0 Å². The standard InChI is InChI=1S/C22H30N2O.HI/c1-17(2)14-18-6-8-19(9-7-18)15-22(25)23-21-12-10-20(11-13-21)16-24(3,4)5;/h6-13,17H,14-16H2,1-5H3;1H. The van der Waals surface area contributed by atoms with Gasteiger partial charge in [-0.05, 0) is 35.6 Å². The van der Waals surface area contributed by atoms with Crippen molar-refractivity contribution in [3.8, 4) is 0 Å². The van der Waals surface area contributed by atoms with Crippen LogP contribution in [-0.4, -0.2) is 31.5 Å². The second-order valence-electron chi connectivity index (χ2n) is 8.28. The molecular weight excluding hydrogens is 435 g/mol. The van der Waals surface area contributed by atoms with Crippen LogP contribution in [0.25, 0.3) is 0 Å². The van der Waals surface area contributed by atoms with Gasteiger partial charge in [0.1, 0.15) is 6.54 Å². The minimum atomic E-state index is 0. The van der Waals surface area contributed by atoms with Crippen molar-refractivity contribution in [1.29, 1.82) is 0 Å². The van der Waals surface area contributed by atoms with Crippen molar-refractivity contribution in [2.24, 2.45) is 5.92 Å². The highest BCUT2D eigenvalue weighted by molar-refractivity contribution is 5.92. The van der Waals surface area contributed by atoms with E-state index in [1.54, 1.807) is 0 Å². The molecule has 0 spiro atoms. The molecule has 2 aromatic carbocycles. The fourth-order valence-corrected chi connectivity index (χ4v) is 2.90. The van der Waals surface area contributed by atoms with Crippen LogP contribution in [0.4, 0.5) is 5.69 Å². The van der Waals surface area contributed by atoms with Crippen molar-refractivity contribution in [1.82, 2.24) is 0 Å². The zero-order valence-corrected chi connectivity index (χ0v) is 18.7. The first-order valence-electron chi connectivity index (χ1n) is 8.98. The minimum absolute atomic E-state index is 0. The molecule has 142 valence electrons. The van der Waals surface area contributed by atoms with E-state index >= 15 is 0 Å². The number of rotatable bonds is 7. The van der Waals surface area contributed by atoms with Crippen LogP contribution in [0.5, 0.6) is 0 Å². The van der Waals surface area contributed by atoms with Crippen LogP contribution in [0.3, 0.4) is 0 Å². The van der Waals surface area contributed by atoms with E-state index in [0.29, 0.717) is 12.3 Å². The molecule has 4 heteroatoms. The molecule has 2 aromatic rings. The van der Waals surface area contributed by atoms with Crippen molar-refractivity contribution in [2.45, 2.75) is 33.2 Å². The molecule has 1 amide bonds. The molecule has 2 rings (SSSR count). The number of nitrogens with zero attached hydrogens (tertiary/aromatic N) is 1. The summed E-state index contributed by atoms with van der Waals surface area (Å²) in [5.74, 6) is 0.671. The molecule has 26 heavy (non-hydrogen) atoms. The van der Waals surface area contributed by atoms with Crippen molar-refractivity contribution in [3.63, 3.8) is 0 Å². The minimum Gasteiger partial charge on any atom is -1.00 e. The quantitative estimate of drug-likeness (QED) is 0.484. The number of hydrogen-bond donors (Lipinski definition) is 1. The molecule has 0 saturated carbocycles. The Morgan fingerprint density at radius 1 is 0.885 bits per heavy atom. The second-order valence-corrected chi connectivity index (χ2v) is 8.28. The third-order valence-electron chi connectivity index (χ3n) is 3.93. The highest BCUT2D eigenvalue weighted by atomic mass is 127. The molecule has 0 aliphatic rings. The van der Waals surface area contributed by atoms with E-state index in [0.717, 1.165) is 28.7 Å². The lowest BCUT2D eigenvalue weighted by molar-refractivity contribution is -0.884. The first-order valence-corrected chi connectivity index (χ1v) is 8.98. The van der Waals surface area contributed by atoms with Gasteiger partial charge in [-0.25, -0.2) is 0 Å². The SMILES string of the molecule is CC(C)Cc1ccc(CC(=O)Nc2ccc(C[N+](C)(C)C)cc2)cc1.[I-]. The molecule has 0 aliphatic heterocycles. The van der Waals surface area contributed by atoms with Gasteiger partial charge in [0.25, 0.3) is 0 Å². The van der Waals surface area contributed by atoms with Crippen molar-refractivity contribution in [2.75, 3.05) is 26.5 Å². The van der Waals surface area contributed by atoms with Gasteiger partial charge in [0.15, 0.2) is 0 Å². The molecule has 0 fully saturated rings. The van der Waals surface area contributed by atoms with E-state index in [9.17, 15) is 4.79 Å². The van der Waals surface area contributed by atoms with E-state index in [1.807, 2.05) is 12.1 Å². The van der Waals surface area contributed by atoms with Crippen molar-refractivity contribution >= 4 is 11.6 Å². The Kier molecular flexibility index (Phi) is 8.77. The van der Waals surface area contributed by atoms with Gasteiger partial charge in [0.05, 0.1) is 27.6 Å². The van der Waals surface area contributed by atoms with Crippen molar-refractivity contribution in [3.05, 3.63) is 65.2 Å². The maximum atomic E-state index is 12.2. The van der Waals surface area contributed by atoms with E-state index < -0.39 is 0 Å². The number of anilines is 1. The maximum Gasteiger partial charge on any atom is 0.228 e. The Balaban J connectivity index is 0.00000338. The van der Waals surface area contributed by atoms with E-state index in [-0.39, 0.29) is 29.9 Å². The lowest BCUT2D eigenvalue weighted by atomic mass is 10.0. The van der Waals surface area contributed by atoms with Gasteiger partial charge in [0.2, 0.25) is 5.91 Å². The van der Waals surface area contributed by atoms with Crippen LogP contribution in [0.2, 0.25) is 0 Å². The van der Waals surface area contributed by atoms with Gasteiger partial charge in [-0.1, -0.05) is 50.2 Å². The Hall–Kier alpha value is -1.40. The molecule has 0 aliphatic carbocycles. The number of carbonyl (C=O) groups is 1. The molecule has 3 nitrogen and oxygen atoms in total. The molecule has 0 unspecified atom stereocenters. The molecule has 0 bridgehead atoms. The topological polar surface area (TPSA) is 29.1 Å². The molecular formula is C22H31IN2O. The highest BCUT2D eigenvalue weighted by Crippen LogP contribution is 2.14. The highest BCUT2D eigenvalue weighted by Gasteiger charge is 2.09. The number of hydrogen-bond acceptors (Lipinski definition) is 1. The summed E-state index contributed by atoms with van der Waals surface area (Å²) in [6.07, 6.45) is 1.48. The van der Waals surface area contributed by atoms with Crippen LogP contribution in [0.1, 0.15) is 30.5 Å². The van der Waals surface area contributed by atoms with Gasteiger partial charge in [-0.2, -0.15) is 0 Å². The first-order chi connectivity index (χ1) is 11.7. The fourth-order valence-electron chi connectivity index (χ4n) is 2.90. The van der Waals surface area contributed by atoms with Crippen LogP contribution >= 0.6 is 0 Å². The number of carbonyl (C=O) groups excluding carboxylic acids is 1. The Labute approximate surface area is 175 Å². The third kappa shape index (κ3) is 8.32. The molecule has 0 heterocycles. The summed E-state index contributed by atoms with van der Waals surface area (Å²) in [7, 11) is 6.51. The lowest BCUT2D eigenvalue weighted by Gasteiger charge is -2.23. The number of amides is 1. The summed E-state index contributed by atoms with van der Waals surface area (Å²) in [5, 5.41) is 2.98. The molecule has 0 atom stereocenters. The summed E-state index contributed by atoms with van der Waals surface area (Å²) >= 11 is 0. The zero-order chi connectivity index (χ0) is 18.4. The summed E-state index contributed by atoms with van der Waals surface area (Å²) < 4.78 is 0.887. The maximum absolute atomic E-state index is 12.2. The smallest absolute Gasteiger partial charge is 0.228 e. The average molecular weight is 466 g/mol. The summed E-state index contributed by atoms with van der Waals surface area (Å²) in [6.45, 7) is 5.40. The van der Waals surface area contributed by atoms with Gasteiger partial charge in [-0.15, -0.1) is 0 Å². The summed E-state index contributed by atoms with van der Waals surface area (Å²) in [4.78, 5) is 12.2. The predicted octanol–water partition coefficient (Wildman–Crippen LogP) is 1.28. The lowest BCUT2D eigenvalue weighted by Crippen LogP contribution is -3.00. The molecule has 0 aromatic heterocycles. The van der Waals surface area contributed by atoms with Crippen LogP contribution < -0.4 is 29.3 Å². The van der Waals surface area contributed by atoms with Gasteiger partial charge in [-0.3, -0.25) is 4.79 Å². The Morgan fingerprint density at radius 2 is 1.38 bits per heavy atom. The number of nitrogens with one attached hydrogen (secondary N) is 1. The normalized spacial score (nSPS) is 11.2. The Morgan fingerprint density at radius 3 is 1.88 bits per heavy atom. The van der Waals surface area contributed by atoms with E-state index in [2.05, 4.69) is 76.7 Å². The number of benzene rings is 2. The Bertz CT molecular complexity index is 686. The largest absolute Gasteiger partial charge is 1.00 e. The van der Waals surface area contributed by atoms with E-state index in [4.69, 9.17) is 0 Å². The molecule has 1 N–H and O–H groups in total. The summed E-state index contributed by atoms with van der Waals surface area (Å²) in [5.41, 5.74) is 4.50. The van der Waals surface area contributed by atoms with Gasteiger partial charge < -0.3 is 33.8 Å². The molecule has 0 radical (unpaired) electrons. The first kappa shape index (κ1) is 22.6. The van der Waals surface area contributed by atoms with Gasteiger partial charge in [0, 0.05) is 11.3 Å². The van der Waals surface area contributed by atoms with E-state index in [1.165, 1.54) is 11.1 Å². The van der Waals surface area contributed by atoms with Crippen LogP contribution in [-0.2, 0) is 24.2 Å². The zero-order valence-electron chi connectivity index (χ0n) is 16.6. The third-order valence-corrected chi connectivity index (χ3v) is 3.93. The second kappa shape index (κ2) is 10.1. The fraction of sp³-hybridized carbons (Fsp3) is 0.409. The average Bonchev–Trinajstić information content (AvgIpc) is 2.49. The monoisotopic (exact) mass is 466 g/mol. The number of quaternary nitrogens is 1. The summed E-state index contributed by atoms with van der Waals surface area (Å²) in [6, 6.07) is 16.5. The van der Waals surface area contributed by atoms with Crippen molar-refractivity contribution < 1.29 is 33.3 Å². The number of halogens is 1. The molecule has 0 saturated heterocycles. The predicted molar refractivity (Wildman–Crippen MR) is 105 cm³/mol. The van der Waals surface area contributed by atoms with Crippen LogP contribution in [0, 0.1) is 5.92 Å². The van der Waals surface area contributed by atoms with Crippen LogP contribution in [0.15, 0.2) is 48.5 Å².